The third-order valence-corrected chi connectivity index (χ3v) is 5.71. The highest BCUT2D eigenvalue weighted by Gasteiger charge is 2.47. The number of hydrogen-bond acceptors (Lipinski definition) is 8. The number of thiazole rings is 1. The second-order valence-electron chi connectivity index (χ2n) is 7.23. The standard InChI is InChI=1S/C23H20N2O5S.C2H4O2/c1-3-30-17-10-6-15(7-11-17)20(26)18-19(14-4-8-16(29-2)9-5-14)25(22(28)21(18)27)23-24-12-13-31-23;1-2(3)4/h4-13,19,26H,3H2,1-2H3;1H3,(H,3,4). The molecule has 35 heavy (non-hydrogen) atoms. The molecule has 0 aliphatic carbocycles. The van der Waals surface area contributed by atoms with Gasteiger partial charge in [-0.15, -0.1) is 11.3 Å². The Morgan fingerprint density at radius 3 is 2.17 bits per heavy atom. The van der Waals surface area contributed by atoms with Gasteiger partial charge in [0.05, 0.1) is 25.3 Å². The minimum absolute atomic E-state index is 0.00882. The normalized spacial score (nSPS) is 16.4. The summed E-state index contributed by atoms with van der Waals surface area (Å²) in [5, 5.41) is 20.6. The number of amides is 1. The van der Waals surface area contributed by atoms with Crippen molar-refractivity contribution in [2.75, 3.05) is 18.6 Å². The van der Waals surface area contributed by atoms with Crippen LogP contribution in [0.15, 0.2) is 65.7 Å². The summed E-state index contributed by atoms with van der Waals surface area (Å²) < 4.78 is 10.7. The predicted octanol–water partition coefficient (Wildman–Crippen LogP) is 4.27. The maximum atomic E-state index is 13.0. The molecule has 1 atom stereocenters. The van der Waals surface area contributed by atoms with Gasteiger partial charge in [0, 0.05) is 24.1 Å². The van der Waals surface area contributed by atoms with Gasteiger partial charge in [-0.2, -0.15) is 0 Å². The number of aliphatic hydroxyl groups excluding tert-OH is 1. The first-order valence-corrected chi connectivity index (χ1v) is 11.4. The molecule has 1 saturated heterocycles. The number of carboxylic acid groups (broad SMARTS) is 1. The van der Waals surface area contributed by atoms with E-state index < -0.39 is 23.7 Å². The van der Waals surface area contributed by atoms with Crippen molar-refractivity contribution in [3.8, 4) is 11.5 Å². The third kappa shape index (κ3) is 5.67. The molecule has 1 aliphatic heterocycles. The second kappa shape index (κ2) is 11.3. The van der Waals surface area contributed by atoms with Crippen molar-refractivity contribution in [2.24, 2.45) is 0 Å². The quantitative estimate of drug-likeness (QED) is 0.294. The van der Waals surface area contributed by atoms with Crippen LogP contribution in [0.2, 0.25) is 0 Å². The van der Waals surface area contributed by atoms with Crippen molar-refractivity contribution >= 4 is 39.9 Å². The van der Waals surface area contributed by atoms with Gasteiger partial charge in [-0.25, -0.2) is 4.98 Å². The maximum Gasteiger partial charge on any atom is 0.301 e. The summed E-state index contributed by atoms with van der Waals surface area (Å²) in [5.41, 5.74) is 1.08. The van der Waals surface area contributed by atoms with Gasteiger partial charge in [-0.05, 0) is 48.9 Å². The summed E-state index contributed by atoms with van der Waals surface area (Å²) in [6, 6.07) is 12.9. The predicted molar refractivity (Wildman–Crippen MR) is 131 cm³/mol. The molecular weight excluding hydrogens is 472 g/mol. The number of carbonyl (C=O) groups is 3. The van der Waals surface area contributed by atoms with Gasteiger partial charge < -0.3 is 19.7 Å². The van der Waals surface area contributed by atoms with Gasteiger partial charge in [-0.1, -0.05) is 12.1 Å². The molecule has 0 radical (unpaired) electrons. The molecule has 1 unspecified atom stereocenters. The summed E-state index contributed by atoms with van der Waals surface area (Å²) in [5.74, 6) is -1.29. The zero-order valence-corrected chi connectivity index (χ0v) is 20.1. The molecule has 3 aromatic rings. The average Bonchev–Trinajstić information content (AvgIpc) is 3.46. The maximum absolute atomic E-state index is 13.0. The Hall–Kier alpha value is -4.18. The fourth-order valence-electron chi connectivity index (χ4n) is 3.50. The molecule has 2 heterocycles. The Balaban J connectivity index is 0.000000795. The van der Waals surface area contributed by atoms with E-state index in [0.29, 0.717) is 34.4 Å². The molecule has 1 aliphatic rings. The molecule has 1 aromatic heterocycles. The van der Waals surface area contributed by atoms with Crippen LogP contribution in [0.3, 0.4) is 0 Å². The van der Waals surface area contributed by atoms with Crippen LogP contribution >= 0.6 is 11.3 Å². The van der Waals surface area contributed by atoms with Gasteiger partial charge in [0.1, 0.15) is 17.3 Å². The van der Waals surface area contributed by atoms with Gasteiger partial charge in [0.2, 0.25) is 0 Å². The van der Waals surface area contributed by atoms with Crippen LogP contribution < -0.4 is 14.4 Å². The lowest BCUT2D eigenvalue weighted by atomic mass is 9.95. The molecule has 2 aromatic carbocycles. The first-order valence-electron chi connectivity index (χ1n) is 10.6. The van der Waals surface area contributed by atoms with Crippen LogP contribution in [0, 0.1) is 0 Å². The smallest absolute Gasteiger partial charge is 0.301 e. The van der Waals surface area contributed by atoms with Crippen LogP contribution in [-0.4, -0.2) is 46.6 Å². The summed E-state index contributed by atoms with van der Waals surface area (Å²) >= 11 is 1.25. The third-order valence-electron chi connectivity index (χ3n) is 4.94. The highest BCUT2D eigenvalue weighted by Crippen LogP contribution is 2.43. The number of methoxy groups -OCH3 is 1. The van der Waals surface area contributed by atoms with Crippen molar-refractivity contribution in [2.45, 2.75) is 19.9 Å². The number of carboxylic acids is 1. The topological polar surface area (TPSA) is 126 Å². The van der Waals surface area contributed by atoms with Gasteiger partial charge >= 0.3 is 5.91 Å². The largest absolute Gasteiger partial charge is 0.507 e. The highest BCUT2D eigenvalue weighted by atomic mass is 32.1. The van der Waals surface area contributed by atoms with Crippen molar-refractivity contribution in [3.63, 3.8) is 0 Å². The molecule has 0 spiro atoms. The van der Waals surface area contributed by atoms with Gasteiger partial charge in [0.15, 0.2) is 5.13 Å². The van der Waals surface area contributed by atoms with E-state index in [4.69, 9.17) is 19.4 Å². The van der Waals surface area contributed by atoms with Gasteiger partial charge in [-0.3, -0.25) is 19.3 Å². The fourth-order valence-corrected chi connectivity index (χ4v) is 4.16. The number of Topliss-reactive ketones (excluding diaryl/α,β-unsaturated/α-hetero) is 1. The number of hydrogen-bond donors (Lipinski definition) is 2. The van der Waals surface area contributed by atoms with Crippen LogP contribution in [0.1, 0.15) is 31.0 Å². The minimum Gasteiger partial charge on any atom is -0.507 e. The Morgan fingerprint density at radius 1 is 1.06 bits per heavy atom. The number of carbonyl (C=O) groups excluding carboxylic acids is 2. The zero-order chi connectivity index (χ0) is 25.5. The number of ether oxygens (including phenoxy) is 2. The van der Waals surface area contributed by atoms with E-state index in [1.165, 1.54) is 16.2 Å². The van der Waals surface area contributed by atoms with Crippen LogP contribution in [0.25, 0.3) is 5.76 Å². The molecule has 182 valence electrons. The SMILES string of the molecule is CC(=O)O.CCOc1ccc(C(O)=C2C(=O)C(=O)N(c3nccs3)C2c2ccc(OC)cc2)cc1. The van der Waals surface area contributed by atoms with E-state index in [-0.39, 0.29) is 11.3 Å². The average molecular weight is 497 g/mol. The first-order chi connectivity index (χ1) is 16.8. The number of aliphatic hydroxyl groups is 1. The van der Waals surface area contributed by atoms with Crippen molar-refractivity contribution < 1.29 is 34.1 Å². The van der Waals surface area contributed by atoms with E-state index in [9.17, 15) is 14.7 Å². The summed E-state index contributed by atoms with van der Waals surface area (Å²) in [4.78, 5) is 40.5. The Morgan fingerprint density at radius 2 is 1.66 bits per heavy atom. The number of aliphatic carboxylic acids is 1. The van der Waals surface area contributed by atoms with E-state index in [2.05, 4.69) is 4.98 Å². The lowest BCUT2D eigenvalue weighted by Gasteiger charge is -2.23. The number of benzene rings is 2. The summed E-state index contributed by atoms with van der Waals surface area (Å²) in [6.07, 6.45) is 1.57. The van der Waals surface area contributed by atoms with Crippen molar-refractivity contribution in [3.05, 3.63) is 76.8 Å². The molecule has 1 amide bonds. The molecule has 0 saturated carbocycles. The second-order valence-corrected chi connectivity index (χ2v) is 8.11. The van der Waals surface area contributed by atoms with E-state index in [1.807, 2.05) is 6.92 Å². The number of aromatic nitrogens is 1. The summed E-state index contributed by atoms with van der Waals surface area (Å²) in [7, 11) is 1.56. The Kier molecular flexibility index (Phi) is 8.21. The van der Waals surface area contributed by atoms with Crippen molar-refractivity contribution in [1.82, 2.24) is 4.98 Å². The molecule has 0 bridgehead atoms. The number of ketones is 1. The summed E-state index contributed by atoms with van der Waals surface area (Å²) in [6.45, 7) is 3.48. The number of anilines is 1. The Labute approximate surface area is 205 Å². The molecular formula is C25H24N2O7S. The van der Waals surface area contributed by atoms with Crippen LogP contribution in [-0.2, 0) is 14.4 Å². The lowest BCUT2D eigenvalue weighted by Crippen LogP contribution is -2.29. The zero-order valence-electron chi connectivity index (χ0n) is 19.3. The van der Waals surface area contributed by atoms with Gasteiger partial charge in [0.25, 0.3) is 11.8 Å². The molecule has 2 N–H and O–H groups in total. The number of nitrogens with zero attached hydrogens (tertiary/aromatic N) is 2. The lowest BCUT2D eigenvalue weighted by molar-refractivity contribution is -0.134. The minimum atomic E-state index is -0.833. The highest BCUT2D eigenvalue weighted by molar-refractivity contribution is 7.14. The molecule has 4 rings (SSSR count). The van der Waals surface area contributed by atoms with Crippen LogP contribution in [0.4, 0.5) is 5.13 Å². The monoisotopic (exact) mass is 496 g/mol. The number of rotatable bonds is 6. The fraction of sp³-hybridized carbons (Fsp3) is 0.200. The van der Waals surface area contributed by atoms with Crippen molar-refractivity contribution in [1.29, 1.82) is 0 Å². The van der Waals surface area contributed by atoms with E-state index in [0.717, 1.165) is 6.92 Å². The van der Waals surface area contributed by atoms with E-state index >= 15 is 0 Å². The first kappa shape index (κ1) is 25.4. The van der Waals surface area contributed by atoms with E-state index in [1.54, 1.807) is 67.2 Å². The molecule has 10 heteroatoms. The molecule has 9 nitrogen and oxygen atoms in total. The van der Waals surface area contributed by atoms with Crippen LogP contribution in [0.5, 0.6) is 11.5 Å². The Bertz CT molecular complexity index is 1220. The molecule has 1 fully saturated rings.